The molecule has 0 amide bonds. The molecule has 2 rings (SSSR count). The fourth-order valence-corrected chi connectivity index (χ4v) is 2.13. The van der Waals surface area contributed by atoms with E-state index < -0.39 is 28.8 Å². The van der Waals surface area contributed by atoms with Crippen LogP contribution in [0.25, 0.3) is 0 Å². The van der Waals surface area contributed by atoms with Gasteiger partial charge in [-0.05, 0) is 35.0 Å². The smallest absolute Gasteiger partial charge is 0.215 e. The number of carbonyl (C=O) groups is 1. The van der Waals surface area contributed by atoms with Crippen LogP contribution in [0.4, 0.5) is 13.2 Å². The molecule has 100 valence electrons. The Morgan fingerprint density at radius 3 is 2.63 bits per heavy atom. The Bertz CT molecular complexity index is 655. The zero-order valence-corrected chi connectivity index (χ0v) is 11.3. The Labute approximate surface area is 115 Å². The summed E-state index contributed by atoms with van der Waals surface area (Å²) in [6.45, 7) is 2.13. The van der Waals surface area contributed by atoms with Crippen molar-refractivity contribution >= 4 is 21.7 Å². The zero-order valence-electron chi connectivity index (χ0n) is 9.75. The Morgan fingerprint density at radius 1 is 1.32 bits per heavy atom. The summed E-state index contributed by atoms with van der Waals surface area (Å²) in [5.41, 5.74) is -0.442. The molecule has 1 heterocycles. The van der Waals surface area contributed by atoms with Gasteiger partial charge in [0, 0.05) is 6.54 Å². The highest BCUT2D eigenvalue weighted by atomic mass is 79.9. The molecule has 3 nitrogen and oxygen atoms in total. The van der Waals surface area contributed by atoms with Crippen molar-refractivity contribution < 1.29 is 18.0 Å². The van der Waals surface area contributed by atoms with Gasteiger partial charge < -0.3 is 0 Å². The summed E-state index contributed by atoms with van der Waals surface area (Å²) in [5, 5.41) is 3.91. The number of ketones is 1. The van der Waals surface area contributed by atoms with Gasteiger partial charge in [0.1, 0.15) is 5.69 Å². The molecule has 0 saturated carbocycles. The maximum atomic E-state index is 13.6. The minimum absolute atomic E-state index is 0.0902. The van der Waals surface area contributed by atoms with E-state index >= 15 is 0 Å². The predicted molar refractivity (Wildman–Crippen MR) is 65.3 cm³/mol. The monoisotopic (exact) mass is 332 g/mol. The van der Waals surface area contributed by atoms with Crippen LogP contribution in [0.5, 0.6) is 0 Å². The largest absolute Gasteiger partial charge is 0.287 e. The summed E-state index contributed by atoms with van der Waals surface area (Å²) in [6, 6.07) is 1.63. The van der Waals surface area contributed by atoms with Crippen LogP contribution in [-0.2, 0) is 6.54 Å². The van der Waals surface area contributed by atoms with E-state index in [-0.39, 0.29) is 5.69 Å². The lowest BCUT2D eigenvalue weighted by molar-refractivity contribution is 0.102. The second-order valence-electron chi connectivity index (χ2n) is 3.71. The number of aryl methyl sites for hydroxylation is 1. The van der Waals surface area contributed by atoms with Gasteiger partial charge in [-0.2, -0.15) is 5.10 Å². The van der Waals surface area contributed by atoms with Crippen molar-refractivity contribution in [1.82, 2.24) is 9.78 Å². The van der Waals surface area contributed by atoms with Crippen molar-refractivity contribution in [3.63, 3.8) is 0 Å². The molecule has 0 spiro atoms. The number of hydrogen-bond donors (Lipinski definition) is 0. The van der Waals surface area contributed by atoms with Crippen LogP contribution in [0.3, 0.4) is 0 Å². The predicted octanol–water partition coefficient (Wildman–Crippen LogP) is 3.31. The molecule has 0 atom stereocenters. The van der Waals surface area contributed by atoms with E-state index in [4.69, 9.17) is 0 Å². The lowest BCUT2D eigenvalue weighted by Crippen LogP contribution is -2.13. The lowest BCUT2D eigenvalue weighted by atomic mass is 10.1. The molecule has 0 fully saturated rings. The topological polar surface area (TPSA) is 34.9 Å². The quantitative estimate of drug-likeness (QED) is 0.638. The SMILES string of the molecule is CCn1ncc(Br)c1C(=O)c1ccc(F)c(F)c1F. The average molecular weight is 333 g/mol. The third kappa shape index (κ3) is 2.30. The van der Waals surface area contributed by atoms with Gasteiger partial charge in [-0.25, -0.2) is 13.2 Å². The molecule has 1 aromatic carbocycles. The van der Waals surface area contributed by atoms with Gasteiger partial charge in [0.2, 0.25) is 5.78 Å². The van der Waals surface area contributed by atoms with Crippen molar-refractivity contribution in [3.8, 4) is 0 Å². The Morgan fingerprint density at radius 2 is 2.00 bits per heavy atom. The number of benzene rings is 1. The normalized spacial score (nSPS) is 10.8. The van der Waals surface area contributed by atoms with E-state index in [9.17, 15) is 18.0 Å². The lowest BCUT2D eigenvalue weighted by Gasteiger charge is -2.06. The first-order valence-electron chi connectivity index (χ1n) is 5.36. The van der Waals surface area contributed by atoms with E-state index in [2.05, 4.69) is 21.0 Å². The van der Waals surface area contributed by atoms with E-state index in [0.717, 1.165) is 6.07 Å². The van der Waals surface area contributed by atoms with Gasteiger partial charge in [0.05, 0.1) is 16.2 Å². The Hall–Kier alpha value is -1.63. The first kappa shape index (κ1) is 13.8. The van der Waals surface area contributed by atoms with Gasteiger partial charge >= 0.3 is 0 Å². The van der Waals surface area contributed by atoms with Gasteiger partial charge in [-0.15, -0.1) is 0 Å². The molecule has 0 aliphatic heterocycles. The average Bonchev–Trinajstić information content (AvgIpc) is 2.76. The van der Waals surface area contributed by atoms with Crippen molar-refractivity contribution in [2.45, 2.75) is 13.5 Å². The minimum atomic E-state index is -1.66. The maximum absolute atomic E-state index is 13.6. The highest BCUT2D eigenvalue weighted by Gasteiger charge is 2.24. The second-order valence-corrected chi connectivity index (χ2v) is 4.56. The van der Waals surface area contributed by atoms with Crippen molar-refractivity contribution in [1.29, 1.82) is 0 Å². The van der Waals surface area contributed by atoms with E-state index in [1.165, 1.54) is 10.9 Å². The molecular weight excluding hydrogens is 325 g/mol. The third-order valence-electron chi connectivity index (χ3n) is 2.59. The standard InChI is InChI=1S/C12H8BrF3N2O/c1-2-18-11(7(13)5-17-18)12(19)6-3-4-8(14)10(16)9(6)15/h3-5H,2H2,1H3. The van der Waals surface area contributed by atoms with Crippen molar-refractivity contribution in [2.24, 2.45) is 0 Å². The van der Waals surface area contributed by atoms with Crippen molar-refractivity contribution in [3.05, 3.63) is 51.5 Å². The van der Waals surface area contributed by atoms with Crippen LogP contribution in [0.15, 0.2) is 22.8 Å². The molecule has 0 aliphatic rings. The van der Waals surface area contributed by atoms with Crippen molar-refractivity contribution in [2.75, 3.05) is 0 Å². The van der Waals surface area contributed by atoms with Crippen LogP contribution < -0.4 is 0 Å². The summed E-state index contributed by atoms with van der Waals surface area (Å²) < 4.78 is 41.3. The summed E-state index contributed by atoms with van der Waals surface area (Å²) in [6.07, 6.45) is 1.38. The summed E-state index contributed by atoms with van der Waals surface area (Å²) in [7, 11) is 0. The third-order valence-corrected chi connectivity index (χ3v) is 3.17. The number of aromatic nitrogens is 2. The number of nitrogens with zero attached hydrogens (tertiary/aromatic N) is 2. The fraction of sp³-hybridized carbons (Fsp3) is 0.167. The Balaban J connectivity index is 2.57. The van der Waals surface area contributed by atoms with Gasteiger partial charge in [-0.1, -0.05) is 0 Å². The number of carbonyl (C=O) groups excluding carboxylic acids is 1. The second kappa shape index (κ2) is 5.16. The number of halogens is 4. The van der Waals surface area contributed by atoms with E-state index in [0.29, 0.717) is 17.1 Å². The van der Waals surface area contributed by atoms with Gasteiger partial charge in [0.15, 0.2) is 17.5 Å². The molecule has 2 aromatic rings. The summed E-state index contributed by atoms with van der Waals surface area (Å²) in [5.74, 6) is -5.26. The molecule has 0 saturated heterocycles. The highest BCUT2D eigenvalue weighted by Crippen LogP contribution is 2.23. The highest BCUT2D eigenvalue weighted by molar-refractivity contribution is 9.10. The maximum Gasteiger partial charge on any atom is 0.215 e. The zero-order chi connectivity index (χ0) is 14.2. The molecule has 0 N–H and O–H groups in total. The molecular formula is C12H8BrF3N2O. The van der Waals surface area contributed by atoms with Crippen LogP contribution in [-0.4, -0.2) is 15.6 Å². The number of hydrogen-bond acceptors (Lipinski definition) is 2. The summed E-state index contributed by atoms with van der Waals surface area (Å²) >= 11 is 3.12. The summed E-state index contributed by atoms with van der Waals surface area (Å²) in [4.78, 5) is 12.2. The molecule has 0 bridgehead atoms. The van der Waals surface area contributed by atoms with Crippen LogP contribution in [0.2, 0.25) is 0 Å². The molecule has 1 aromatic heterocycles. The molecule has 7 heteroatoms. The van der Waals surface area contributed by atoms with Crippen LogP contribution >= 0.6 is 15.9 Å². The molecule has 19 heavy (non-hydrogen) atoms. The van der Waals surface area contributed by atoms with E-state index in [1.807, 2.05) is 0 Å². The minimum Gasteiger partial charge on any atom is -0.287 e. The van der Waals surface area contributed by atoms with E-state index in [1.54, 1.807) is 6.92 Å². The van der Waals surface area contributed by atoms with Gasteiger partial charge in [-0.3, -0.25) is 9.48 Å². The first-order chi connectivity index (χ1) is 8.97. The molecule has 0 unspecified atom stereocenters. The van der Waals surface area contributed by atoms with Gasteiger partial charge in [0.25, 0.3) is 0 Å². The fourth-order valence-electron chi connectivity index (χ4n) is 1.66. The van der Waals surface area contributed by atoms with Crippen LogP contribution in [0, 0.1) is 17.5 Å². The van der Waals surface area contributed by atoms with Crippen LogP contribution in [0.1, 0.15) is 23.0 Å². The number of rotatable bonds is 3. The Kier molecular flexibility index (Phi) is 3.75. The molecule has 0 radical (unpaired) electrons. The first-order valence-corrected chi connectivity index (χ1v) is 6.16. The molecule has 0 aliphatic carbocycles.